The van der Waals surface area contributed by atoms with Crippen LogP contribution in [-0.4, -0.2) is 34.8 Å². The first kappa shape index (κ1) is 13.4. The Kier molecular flexibility index (Phi) is 3.62. The van der Waals surface area contributed by atoms with Gasteiger partial charge in [-0.2, -0.15) is 0 Å². The van der Waals surface area contributed by atoms with Crippen molar-refractivity contribution in [3.8, 4) is 0 Å². The number of ketones is 1. The summed E-state index contributed by atoms with van der Waals surface area (Å²) in [6, 6.07) is 7.98. The van der Waals surface area contributed by atoms with Gasteiger partial charge in [0.1, 0.15) is 0 Å². The molecule has 1 atom stereocenters. The number of para-hydroxylation sites is 1. The minimum absolute atomic E-state index is 0.0262. The van der Waals surface area contributed by atoms with Crippen LogP contribution in [0.2, 0.25) is 0 Å². The summed E-state index contributed by atoms with van der Waals surface area (Å²) in [5.41, 5.74) is 1.86. The van der Waals surface area contributed by atoms with Crippen LogP contribution in [0.5, 0.6) is 0 Å². The van der Waals surface area contributed by atoms with Gasteiger partial charge in [0.15, 0.2) is 5.78 Å². The summed E-state index contributed by atoms with van der Waals surface area (Å²) >= 11 is 0. The second-order valence-electron chi connectivity index (χ2n) is 6.01. The van der Waals surface area contributed by atoms with Crippen LogP contribution in [0.25, 0.3) is 10.9 Å². The van der Waals surface area contributed by atoms with Crippen molar-refractivity contribution >= 4 is 16.7 Å². The van der Waals surface area contributed by atoms with Gasteiger partial charge in [-0.3, -0.25) is 9.69 Å². The van der Waals surface area contributed by atoms with E-state index in [4.69, 9.17) is 0 Å². The Balaban J connectivity index is 1.81. The van der Waals surface area contributed by atoms with Crippen molar-refractivity contribution in [1.29, 1.82) is 0 Å². The van der Waals surface area contributed by atoms with Crippen molar-refractivity contribution in [1.82, 2.24) is 9.88 Å². The first-order valence-corrected chi connectivity index (χ1v) is 7.51. The fourth-order valence-electron chi connectivity index (χ4n) is 3.08. The van der Waals surface area contributed by atoms with E-state index in [0.29, 0.717) is 0 Å². The van der Waals surface area contributed by atoms with Crippen LogP contribution in [0.3, 0.4) is 0 Å². The normalized spacial score (nSPS) is 19.3. The lowest BCUT2D eigenvalue weighted by Gasteiger charge is -2.34. The number of fused-ring (bicyclic) bond motifs is 1. The van der Waals surface area contributed by atoms with E-state index in [1.54, 1.807) is 0 Å². The number of hydrogen-bond donors (Lipinski definition) is 1. The molecule has 1 N–H and O–H groups in total. The second kappa shape index (κ2) is 5.41. The molecular formula is C17H22N2O. The van der Waals surface area contributed by atoms with Crippen molar-refractivity contribution in [2.75, 3.05) is 13.1 Å². The van der Waals surface area contributed by atoms with Crippen LogP contribution in [0.4, 0.5) is 0 Å². The number of hydrogen-bond acceptors (Lipinski definition) is 2. The maximum atomic E-state index is 12.7. The van der Waals surface area contributed by atoms with E-state index in [1.807, 2.05) is 37.4 Å². The van der Waals surface area contributed by atoms with Gasteiger partial charge in [-0.15, -0.1) is 0 Å². The SMILES string of the molecule is CC1CCN(C(C)C(=O)c2c[nH]c3ccccc23)CC1. The molecule has 2 heterocycles. The summed E-state index contributed by atoms with van der Waals surface area (Å²) in [7, 11) is 0. The van der Waals surface area contributed by atoms with Crippen molar-refractivity contribution < 1.29 is 4.79 Å². The lowest BCUT2D eigenvalue weighted by atomic mass is 9.96. The van der Waals surface area contributed by atoms with Gasteiger partial charge in [0.05, 0.1) is 6.04 Å². The lowest BCUT2D eigenvalue weighted by Crippen LogP contribution is -2.43. The number of Topliss-reactive ketones (excluding diaryl/α,β-unsaturated/α-hetero) is 1. The fourth-order valence-corrected chi connectivity index (χ4v) is 3.08. The number of carbonyl (C=O) groups is 1. The number of rotatable bonds is 3. The van der Waals surface area contributed by atoms with Gasteiger partial charge in [0.2, 0.25) is 0 Å². The Morgan fingerprint density at radius 2 is 2.00 bits per heavy atom. The van der Waals surface area contributed by atoms with E-state index >= 15 is 0 Å². The highest BCUT2D eigenvalue weighted by atomic mass is 16.1. The minimum atomic E-state index is -0.0262. The van der Waals surface area contributed by atoms with Gasteiger partial charge in [-0.1, -0.05) is 25.1 Å². The van der Waals surface area contributed by atoms with E-state index in [0.717, 1.165) is 35.5 Å². The highest BCUT2D eigenvalue weighted by molar-refractivity contribution is 6.10. The molecule has 1 aliphatic rings. The van der Waals surface area contributed by atoms with E-state index in [-0.39, 0.29) is 11.8 Å². The summed E-state index contributed by atoms with van der Waals surface area (Å²) in [5, 5.41) is 1.04. The van der Waals surface area contributed by atoms with Crippen LogP contribution < -0.4 is 0 Å². The molecule has 1 aromatic heterocycles. The third-order valence-electron chi connectivity index (χ3n) is 4.60. The zero-order chi connectivity index (χ0) is 14.1. The average Bonchev–Trinajstić information content (AvgIpc) is 2.90. The lowest BCUT2D eigenvalue weighted by molar-refractivity contribution is 0.0780. The molecule has 3 heteroatoms. The molecule has 0 aliphatic carbocycles. The van der Waals surface area contributed by atoms with Crippen molar-refractivity contribution in [2.24, 2.45) is 5.92 Å². The Morgan fingerprint density at radius 1 is 1.30 bits per heavy atom. The quantitative estimate of drug-likeness (QED) is 0.867. The van der Waals surface area contributed by atoms with Gasteiger partial charge >= 0.3 is 0 Å². The molecule has 0 saturated carbocycles. The van der Waals surface area contributed by atoms with Crippen LogP contribution in [0, 0.1) is 5.92 Å². The van der Waals surface area contributed by atoms with Crippen molar-refractivity contribution in [3.05, 3.63) is 36.0 Å². The highest BCUT2D eigenvalue weighted by Gasteiger charge is 2.27. The number of carbonyl (C=O) groups excluding carboxylic acids is 1. The topological polar surface area (TPSA) is 36.1 Å². The third kappa shape index (κ3) is 2.38. The fraction of sp³-hybridized carbons (Fsp3) is 0.471. The van der Waals surface area contributed by atoms with Crippen molar-refractivity contribution in [3.63, 3.8) is 0 Å². The first-order chi connectivity index (χ1) is 9.66. The Labute approximate surface area is 120 Å². The molecular weight excluding hydrogens is 248 g/mol. The first-order valence-electron chi connectivity index (χ1n) is 7.51. The molecule has 3 rings (SSSR count). The summed E-state index contributed by atoms with van der Waals surface area (Å²) in [5.74, 6) is 1.03. The molecule has 0 spiro atoms. The Hall–Kier alpha value is -1.61. The molecule has 3 nitrogen and oxygen atoms in total. The Bertz CT molecular complexity index is 608. The van der Waals surface area contributed by atoms with Crippen LogP contribution in [-0.2, 0) is 0 Å². The van der Waals surface area contributed by atoms with Gasteiger partial charge in [-0.05, 0) is 44.8 Å². The molecule has 1 fully saturated rings. The van der Waals surface area contributed by atoms with E-state index in [1.165, 1.54) is 12.8 Å². The maximum Gasteiger partial charge on any atom is 0.181 e. The van der Waals surface area contributed by atoms with E-state index in [9.17, 15) is 4.79 Å². The summed E-state index contributed by atoms with van der Waals surface area (Å²) in [4.78, 5) is 18.3. The molecule has 20 heavy (non-hydrogen) atoms. The number of aromatic amines is 1. The number of H-pyrrole nitrogens is 1. The molecule has 0 radical (unpaired) electrons. The average molecular weight is 270 g/mol. The maximum absolute atomic E-state index is 12.7. The molecule has 0 amide bonds. The van der Waals surface area contributed by atoms with E-state index in [2.05, 4.69) is 16.8 Å². The number of nitrogens with zero attached hydrogens (tertiary/aromatic N) is 1. The van der Waals surface area contributed by atoms with Gasteiger partial charge in [0.25, 0.3) is 0 Å². The predicted octanol–water partition coefficient (Wildman–Crippen LogP) is 3.47. The second-order valence-corrected chi connectivity index (χ2v) is 6.01. The smallest absolute Gasteiger partial charge is 0.181 e. The van der Waals surface area contributed by atoms with E-state index < -0.39 is 0 Å². The number of piperidine rings is 1. The molecule has 1 aromatic carbocycles. The Morgan fingerprint density at radius 3 is 2.75 bits per heavy atom. The molecule has 1 unspecified atom stereocenters. The zero-order valence-corrected chi connectivity index (χ0v) is 12.2. The van der Waals surface area contributed by atoms with Gasteiger partial charge in [0, 0.05) is 22.7 Å². The highest BCUT2D eigenvalue weighted by Crippen LogP contribution is 2.23. The monoisotopic (exact) mass is 270 g/mol. The van der Waals surface area contributed by atoms with Gasteiger partial charge in [-0.25, -0.2) is 0 Å². The number of nitrogens with one attached hydrogen (secondary N) is 1. The summed E-state index contributed by atoms with van der Waals surface area (Å²) in [6.07, 6.45) is 4.26. The standard InChI is InChI=1S/C17H22N2O/c1-12-7-9-19(10-8-12)13(2)17(20)15-11-18-16-6-4-3-5-14(15)16/h3-6,11-13,18H,7-10H2,1-2H3. The molecule has 1 saturated heterocycles. The minimum Gasteiger partial charge on any atom is -0.360 e. The molecule has 106 valence electrons. The van der Waals surface area contributed by atoms with Crippen LogP contribution in [0.1, 0.15) is 37.0 Å². The number of benzene rings is 1. The summed E-state index contributed by atoms with van der Waals surface area (Å²) < 4.78 is 0. The number of aromatic nitrogens is 1. The third-order valence-corrected chi connectivity index (χ3v) is 4.60. The largest absolute Gasteiger partial charge is 0.360 e. The van der Waals surface area contributed by atoms with Gasteiger partial charge < -0.3 is 4.98 Å². The van der Waals surface area contributed by atoms with Crippen LogP contribution in [0.15, 0.2) is 30.5 Å². The zero-order valence-electron chi connectivity index (χ0n) is 12.2. The number of likely N-dealkylation sites (tertiary alicyclic amines) is 1. The molecule has 1 aliphatic heterocycles. The predicted molar refractivity (Wildman–Crippen MR) is 82.1 cm³/mol. The molecule has 0 bridgehead atoms. The summed E-state index contributed by atoms with van der Waals surface area (Å²) in [6.45, 7) is 6.41. The van der Waals surface area contributed by atoms with Crippen molar-refractivity contribution in [2.45, 2.75) is 32.7 Å². The van der Waals surface area contributed by atoms with Crippen LogP contribution >= 0.6 is 0 Å². The molecule has 2 aromatic rings.